The van der Waals surface area contributed by atoms with Crippen LogP contribution in [0.2, 0.25) is 0 Å². The molecule has 0 atom stereocenters. The molecule has 0 spiro atoms. The third-order valence-electron chi connectivity index (χ3n) is 1.26. The lowest BCUT2D eigenvalue weighted by molar-refractivity contribution is 0.182. The van der Waals surface area contributed by atoms with Gasteiger partial charge in [-0.3, -0.25) is 0 Å². The normalized spacial score (nSPS) is 8.25. The highest BCUT2D eigenvalue weighted by Crippen LogP contribution is 1.98. The van der Waals surface area contributed by atoms with E-state index in [0.717, 1.165) is 12.8 Å². The van der Waals surface area contributed by atoms with E-state index >= 15 is 0 Å². The zero-order valence-electron chi connectivity index (χ0n) is 7.83. The smallest absolute Gasteiger partial charge is 0.402 e. The maximum absolute atomic E-state index is 8.24. The fraction of sp³-hybridized carbons (Fsp3) is 1.00. The van der Waals surface area contributed by atoms with Gasteiger partial charge in [0.2, 0.25) is 0 Å². The van der Waals surface area contributed by atoms with E-state index in [1.807, 2.05) is 0 Å². The maximum Gasteiger partial charge on any atom is 0.633 e. The largest absolute Gasteiger partial charge is 0.633 e. The highest BCUT2D eigenvalue weighted by molar-refractivity contribution is 6.32. The molecule has 5 nitrogen and oxygen atoms in total. The van der Waals surface area contributed by atoms with Crippen LogP contribution in [0.1, 0.15) is 32.6 Å². The van der Waals surface area contributed by atoms with Crippen LogP contribution in [0.4, 0.5) is 0 Å². The first-order chi connectivity index (χ1) is 4.77. The lowest BCUT2D eigenvalue weighted by atomic mass is 10.2. The van der Waals surface area contributed by atoms with E-state index in [0.29, 0.717) is 6.61 Å². The second-order valence-electron chi connectivity index (χ2n) is 2.26. The van der Waals surface area contributed by atoms with Crippen LogP contribution in [0.15, 0.2) is 0 Å². The molecule has 0 rings (SSSR count). The van der Waals surface area contributed by atoms with Crippen LogP contribution in [0.3, 0.4) is 0 Å². The van der Waals surface area contributed by atoms with Crippen LogP contribution in [-0.4, -0.2) is 24.0 Å². The van der Waals surface area contributed by atoms with Gasteiger partial charge in [0.05, 0.1) is 0 Å². The lowest BCUT2D eigenvalue weighted by Gasteiger charge is -2.00. The minimum absolute atomic E-state index is 0. The molecule has 0 radical (unpaired) electrons. The zero-order chi connectivity index (χ0) is 7.82. The van der Waals surface area contributed by atoms with Gasteiger partial charge in [0.1, 0.15) is 0 Å². The summed E-state index contributed by atoms with van der Waals surface area (Å²) in [5, 5.41) is 16.5. The average Bonchev–Trinajstić information content (AvgIpc) is 1.87. The van der Waals surface area contributed by atoms with Crippen molar-refractivity contribution < 1.29 is 14.7 Å². The van der Waals surface area contributed by atoms with Crippen molar-refractivity contribution >= 4 is 7.32 Å². The first-order valence-electron chi connectivity index (χ1n) is 3.75. The maximum atomic E-state index is 8.24. The molecular weight excluding hydrogens is 159 g/mol. The quantitative estimate of drug-likeness (QED) is 0.357. The van der Waals surface area contributed by atoms with Gasteiger partial charge in [-0.1, -0.05) is 26.2 Å². The first kappa shape index (κ1) is 17.8. The van der Waals surface area contributed by atoms with Crippen molar-refractivity contribution in [3.63, 3.8) is 0 Å². The Labute approximate surface area is 74.5 Å². The predicted molar refractivity (Wildman–Crippen MR) is 50.3 cm³/mol. The highest BCUT2D eigenvalue weighted by Gasteiger charge is 2.05. The Morgan fingerprint density at radius 1 is 1.08 bits per heavy atom. The second-order valence-corrected chi connectivity index (χ2v) is 2.26. The summed E-state index contributed by atoms with van der Waals surface area (Å²) in [6.07, 6.45) is 4.38. The van der Waals surface area contributed by atoms with Gasteiger partial charge in [0.25, 0.3) is 0 Å². The molecule has 8 N–H and O–H groups in total. The Bertz CT molecular complexity index is 75.8. The number of unbranched alkanes of at least 4 members (excludes halogenated alkanes) is 3. The van der Waals surface area contributed by atoms with Crippen LogP contribution >= 0.6 is 0 Å². The minimum Gasteiger partial charge on any atom is -0.402 e. The third kappa shape index (κ3) is 16.5. The molecule has 6 heteroatoms. The van der Waals surface area contributed by atoms with Gasteiger partial charge < -0.3 is 27.0 Å². The standard InChI is InChI=1S/C6H15BO3.2H3N/c1-2-3-4-5-6-10-7(8)9;;/h8-9H,2-6H2,1H3;2*1H3. The number of rotatable bonds is 6. The lowest BCUT2D eigenvalue weighted by Crippen LogP contribution is -2.17. The molecule has 0 aliphatic rings. The molecule has 0 aromatic carbocycles. The van der Waals surface area contributed by atoms with E-state index in [2.05, 4.69) is 11.6 Å². The van der Waals surface area contributed by atoms with Crippen molar-refractivity contribution in [3.05, 3.63) is 0 Å². The van der Waals surface area contributed by atoms with E-state index < -0.39 is 7.32 Å². The Balaban J connectivity index is -0.000000405. The summed E-state index contributed by atoms with van der Waals surface area (Å²) in [5.74, 6) is 0. The molecule has 0 aliphatic heterocycles. The molecule has 0 unspecified atom stereocenters. The summed E-state index contributed by atoms with van der Waals surface area (Å²) in [6.45, 7) is 2.57. The Hall–Kier alpha value is -0.135. The van der Waals surface area contributed by atoms with Crippen molar-refractivity contribution in [1.29, 1.82) is 0 Å². The molecule has 0 heterocycles. The molecule has 0 aromatic rings. The van der Waals surface area contributed by atoms with Gasteiger partial charge >= 0.3 is 7.32 Å². The summed E-state index contributed by atoms with van der Waals surface area (Å²) in [7, 11) is -1.60. The molecule has 0 amide bonds. The van der Waals surface area contributed by atoms with E-state index in [4.69, 9.17) is 10.0 Å². The van der Waals surface area contributed by atoms with Gasteiger partial charge in [0, 0.05) is 6.61 Å². The predicted octanol–water partition coefficient (Wildman–Crippen LogP) is 0.877. The van der Waals surface area contributed by atoms with Crippen molar-refractivity contribution in [2.45, 2.75) is 32.6 Å². The number of hydrogen-bond acceptors (Lipinski definition) is 5. The van der Waals surface area contributed by atoms with Gasteiger partial charge in [-0.05, 0) is 6.42 Å². The molecule has 0 aliphatic carbocycles. The van der Waals surface area contributed by atoms with Crippen molar-refractivity contribution in [2.75, 3.05) is 6.61 Å². The van der Waals surface area contributed by atoms with Crippen LogP contribution in [-0.2, 0) is 4.65 Å². The van der Waals surface area contributed by atoms with Gasteiger partial charge in [-0.15, -0.1) is 0 Å². The molecule has 0 aromatic heterocycles. The molecular formula is C6H21BN2O3. The Morgan fingerprint density at radius 3 is 2.08 bits per heavy atom. The summed E-state index contributed by atoms with van der Waals surface area (Å²) in [6, 6.07) is 0. The fourth-order valence-corrected chi connectivity index (χ4v) is 0.718. The summed E-state index contributed by atoms with van der Waals surface area (Å²) in [5.41, 5.74) is 0. The van der Waals surface area contributed by atoms with Crippen molar-refractivity contribution in [3.8, 4) is 0 Å². The third-order valence-corrected chi connectivity index (χ3v) is 1.26. The van der Waals surface area contributed by atoms with E-state index in [-0.39, 0.29) is 12.3 Å². The van der Waals surface area contributed by atoms with Gasteiger partial charge in [-0.2, -0.15) is 0 Å². The Kier molecular flexibility index (Phi) is 20.0. The average molecular weight is 180 g/mol. The highest BCUT2D eigenvalue weighted by atomic mass is 16.6. The zero-order valence-corrected chi connectivity index (χ0v) is 7.83. The van der Waals surface area contributed by atoms with Crippen LogP contribution in [0, 0.1) is 0 Å². The summed E-state index contributed by atoms with van der Waals surface area (Å²) < 4.78 is 4.50. The van der Waals surface area contributed by atoms with Gasteiger partial charge in [0.15, 0.2) is 0 Å². The molecule has 0 fully saturated rings. The number of hydrogen-bond donors (Lipinski definition) is 4. The Morgan fingerprint density at radius 2 is 1.67 bits per heavy atom. The summed E-state index contributed by atoms with van der Waals surface area (Å²) >= 11 is 0. The minimum atomic E-state index is -1.60. The molecule has 76 valence electrons. The van der Waals surface area contributed by atoms with Crippen molar-refractivity contribution in [2.24, 2.45) is 0 Å². The molecule has 0 saturated heterocycles. The SMILES string of the molecule is CCCCCCOB(O)O.N.N. The molecule has 0 bridgehead atoms. The monoisotopic (exact) mass is 180 g/mol. The van der Waals surface area contributed by atoms with Crippen LogP contribution in [0.25, 0.3) is 0 Å². The summed E-state index contributed by atoms with van der Waals surface area (Å²) in [4.78, 5) is 0. The topological polar surface area (TPSA) is 120 Å². The van der Waals surface area contributed by atoms with Gasteiger partial charge in [-0.25, -0.2) is 0 Å². The van der Waals surface area contributed by atoms with E-state index in [9.17, 15) is 0 Å². The van der Waals surface area contributed by atoms with E-state index in [1.54, 1.807) is 0 Å². The first-order valence-corrected chi connectivity index (χ1v) is 3.75. The second kappa shape index (κ2) is 13.5. The molecule has 12 heavy (non-hydrogen) atoms. The van der Waals surface area contributed by atoms with Crippen LogP contribution in [0.5, 0.6) is 0 Å². The van der Waals surface area contributed by atoms with Crippen LogP contribution < -0.4 is 12.3 Å². The van der Waals surface area contributed by atoms with Crippen molar-refractivity contribution in [1.82, 2.24) is 12.3 Å². The van der Waals surface area contributed by atoms with E-state index in [1.165, 1.54) is 12.8 Å². The fourth-order valence-electron chi connectivity index (χ4n) is 0.718. The molecule has 0 saturated carbocycles.